The topological polar surface area (TPSA) is 95.9 Å². The highest BCUT2D eigenvalue weighted by Crippen LogP contribution is 2.44. The van der Waals surface area contributed by atoms with Crippen LogP contribution in [0.1, 0.15) is 50.7 Å². The molecule has 0 radical (unpaired) electrons. The number of carbonyl (C=O) groups excluding carboxylic acids is 2. The number of nitrogens with one attached hydrogen (secondary N) is 1. The number of carboxylic acids is 1. The maximum Gasteiger partial charge on any atom is 0.407 e. The van der Waals surface area contributed by atoms with E-state index in [0.717, 1.165) is 35.1 Å². The first-order chi connectivity index (χ1) is 15.7. The summed E-state index contributed by atoms with van der Waals surface area (Å²) in [6.07, 6.45) is 0.873. The lowest BCUT2D eigenvalue weighted by atomic mass is 9.85. The SMILES string of the molecule is CC(C)(C)[C@H](NC(=O)OCC1c2ccccc2-c2ccccc21)C(=O)N(CC(=O)O)C1CC1. The van der Waals surface area contributed by atoms with Crippen molar-refractivity contribution in [1.82, 2.24) is 10.2 Å². The molecular weight excluding hydrogens is 420 g/mol. The lowest BCUT2D eigenvalue weighted by molar-refractivity contribution is -0.147. The number of hydrogen-bond acceptors (Lipinski definition) is 4. The van der Waals surface area contributed by atoms with E-state index >= 15 is 0 Å². The van der Waals surface area contributed by atoms with Crippen LogP contribution >= 0.6 is 0 Å². The number of rotatable bonds is 7. The van der Waals surface area contributed by atoms with Crippen molar-refractivity contribution in [2.75, 3.05) is 13.2 Å². The van der Waals surface area contributed by atoms with Crippen molar-refractivity contribution in [3.05, 3.63) is 59.7 Å². The second kappa shape index (κ2) is 8.89. The highest BCUT2D eigenvalue weighted by molar-refractivity contribution is 5.89. The summed E-state index contributed by atoms with van der Waals surface area (Å²) < 4.78 is 5.62. The van der Waals surface area contributed by atoms with Crippen LogP contribution in [0.5, 0.6) is 0 Å². The van der Waals surface area contributed by atoms with Crippen molar-refractivity contribution >= 4 is 18.0 Å². The highest BCUT2D eigenvalue weighted by atomic mass is 16.5. The van der Waals surface area contributed by atoms with E-state index < -0.39 is 23.5 Å². The monoisotopic (exact) mass is 450 g/mol. The molecule has 0 saturated heterocycles. The van der Waals surface area contributed by atoms with Gasteiger partial charge in [-0.2, -0.15) is 0 Å². The summed E-state index contributed by atoms with van der Waals surface area (Å²) in [6, 6.07) is 15.2. The van der Waals surface area contributed by atoms with Gasteiger partial charge in [-0.15, -0.1) is 0 Å². The van der Waals surface area contributed by atoms with Crippen molar-refractivity contribution in [1.29, 1.82) is 0 Å². The normalized spacial score (nSPS) is 15.8. The molecule has 0 heterocycles. The molecule has 0 aliphatic heterocycles. The van der Waals surface area contributed by atoms with E-state index in [1.165, 1.54) is 4.90 Å². The molecule has 1 atom stereocenters. The summed E-state index contributed by atoms with van der Waals surface area (Å²) >= 11 is 0. The third-order valence-electron chi connectivity index (χ3n) is 6.30. The van der Waals surface area contributed by atoms with Gasteiger partial charge in [-0.05, 0) is 40.5 Å². The van der Waals surface area contributed by atoms with E-state index in [4.69, 9.17) is 4.74 Å². The molecule has 2 aliphatic rings. The average molecular weight is 451 g/mol. The summed E-state index contributed by atoms with van der Waals surface area (Å²) in [7, 11) is 0. The molecule has 1 saturated carbocycles. The van der Waals surface area contributed by atoms with Crippen molar-refractivity contribution < 1.29 is 24.2 Å². The smallest absolute Gasteiger partial charge is 0.407 e. The van der Waals surface area contributed by atoms with Crippen molar-refractivity contribution in [3.63, 3.8) is 0 Å². The van der Waals surface area contributed by atoms with Crippen LogP contribution in [0, 0.1) is 5.41 Å². The quantitative estimate of drug-likeness (QED) is 0.664. The Kier molecular flexibility index (Phi) is 6.15. The third-order valence-corrected chi connectivity index (χ3v) is 6.30. The largest absolute Gasteiger partial charge is 0.480 e. The first kappa shape index (κ1) is 22.8. The zero-order chi connectivity index (χ0) is 23.8. The van der Waals surface area contributed by atoms with Gasteiger partial charge < -0.3 is 20.1 Å². The minimum atomic E-state index is -1.07. The van der Waals surface area contributed by atoms with Gasteiger partial charge >= 0.3 is 12.1 Å². The summed E-state index contributed by atoms with van der Waals surface area (Å²) in [5, 5.41) is 12.0. The van der Waals surface area contributed by atoms with Gasteiger partial charge in [0, 0.05) is 12.0 Å². The standard InChI is InChI=1S/C26H30N2O5/c1-26(2,3)23(24(31)28(14-22(29)30)16-12-13-16)27-25(32)33-15-21-19-10-6-4-8-17(19)18-9-5-7-11-20(18)21/h4-11,16,21,23H,12-15H2,1-3H3,(H,27,32)(H,29,30)/t23-/m1/s1. The molecule has 4 rings (SSSR count). The molecular formula is C26H30N2O5. The lowest BCUT2D eigenvalue weighted by Crippen LogP contribution is -2.56. The minimum Gasteiger partial charge on any atom is -0.480 e. The van der Waals surface area contributed by atoms with Gasteiger partial charge in [0.25, 0.3) is 0 Å². The molecule has 2 aromatic rings. The Morgan fingerprint density at radius 2 is 1.58 bits per heavy atom. The molecule has 2 aromatic carbocycles. The Labute approximate surface area is 193 Å². The van der Waals surface area contributed by atoms with Crippen LogP contribution in [0.3, 0.4) is 0 Å². The van der Waals surface area contributed by atoms with Gasteiger partial charge in [0.1, 0.15) is 19.2 Å². The number of ether oxygens (including phenoxy) is 1. The van der Waals surface area contributed by atoms with Gasteiger partial charge in [-0.25, -0.2) is 4.79 Å². The zero-order valence-corrected chi connectivity index (χ0v) is 19.2. The van der Waals surface area contributed by atoms with Crippen LogP contribution in [0.2, 0.25) is 0 Å². The number of carboxylic acid groups (broad SMARTS) is 1. The van der Waals surface area contributed by atoms with Crippen molar-refractivity contribution in [2.24, 2.45) is 5.41 Å². The predicted molar refractivity (Wildman–Crippen MR) is 124 cm³/mol. The predicted octanol–water partition coefficient (Wildman–Crippen LogP) is 4.02. The van der Waals surface area contributed by atoms with Gasteiger partial charge in [-0.1, -0.05) is 69.3 Å². The van der Waals surface area contributed by atoms with Gasteiger partial charge in [0.2, 0.25) is 5.91 Å². The van der Waals surface area contributed by atoms with Crippen LogP contribution in [0.15, 0.2) is 48.5 Å². The van der Waals surface area contributed by atoms with Gasteiger partial charge in [0.05, 0.1) is 0 Å². The van der Waals surface area contributed by atoms with Crippen molar-refractivity contribution in [3.8, 4) is 11.1 Å². The third kappa shape index (κ3) is 4.87. The first-order valence-electron chi connectivity index (χ1n) is 11.3. The Morgan fingerprint density at radius 1 is 1.03 bits per heavy atom. The van der Waals surface area contributed by atoms with Gasteiger partial charge in [-0.3, -0.25) is 9.59 Å². The van der Waals surface area contributed by atoms with E-state index in [0.29, 0.717) is 0 Å². The molecule has 7 nitrogen and oxygen atoms in total. The van der Waals surface area contributed by atoms with Crippen LogP contribution in [0.25, 0.3) is 11.1 Å². The molecule has 7 heteroatoms. The van der Waals surface area contributed by atoms with Gasteiger partial charge in [0.15, 0.2) is 0 Å². The molecule has 2 N–H and O–H groups in total. The maximum absolute atomic E-state index is 13.2. The molecule has 2 aliphatic carbocycles. The molecule has 33 heavy (non-hydrogen) atoms. The highest BCUT2D eigenvalue weighted by Gasteiger charge is 2.42. The van der Waals surface area contributed by atoms with E-state index in [1.807, 2.05) is 57.2 Å². The zero-order valence-electron chi connectivity index (χ0n) is 19.2. The molecule has 0 spiro atoms. The Bertz CT molecular complexity index is 1020. The number of alkyl carbamates (subject to hydrolysis) is 1. The number of hydrogen-bond donors (Lipinski definition) is 2. The molecule has 2 amide bonds. The molecule has 0 bridgehead atoms. The fourth-order valence-electron chi connectivity index (χ4n) is 4.49. The lowest BCUT2D eigenvalue weighted by Gasteiger charge is -2.34. The average Bonchev–Trinajstić information content (AvgIpc) is 3.56. The number of benzene rings is 2. The van der Waals surface area contributed by atoms with Crippen LogP contribution in [-0.4, -0.2) is 53.2 Å². The Morgan fingerprint density at radius 3 is 2.06 bits per heavy atom. The van der Waals surface area contributed by atoms with E-state index in [9.17, 15) is 19.5 Å². The fourth-order valence-corrected chi connectivity index (χ4v) is 4.49. The number of carbonyl (C=O) groups is 3. The summed E-state index contributed by atoms with van der Waals surface area (Å²) in [6.45, 7) is 5.29. The van der Waals surface area contributed by atoms with Crippen LogP contribution < -0.4 is 5.32 Å². The van der Waals surface area contributed by atoms with E-state index in [-0.39, 0.29) is 31.0 Å². The Balaban J connectivity index is 1.47. The Hall–Kier alpha value is -3.35. The summed E-state index contributed by atoms with van der Waals surface area (Å²) in [5.41, 5.74) is 3.87. The molecule has 0 aromatic heterocycles. The molecule has 1 fully saturated rings. The van der Waals surface area contributed by atoms with E-state index in [2.05, 4.69) is 17.4 Å². The first-order valence-corrected chi connectivity index (χ1v) is 11.3. The molecule has 174 valence electrons. The summed E-state index contributed by atoms with van der Waals surface area (Å²) in [4.78, 5) is 38.7. The number of aliphatic carboxylic acids is 1. The second-order valence-electron chi connectivity index (χ2n) is 9.86. The second-order valence-corrected chi connectivity index (χ2v) is 9.86. The number of fused-ring (bicyclic) bond motifs is 3. The summed E-state index contributed by atoms with van der Waals surface area (Å²) in [5.74, 6) is -1.54. The minimum absolute atomic E-state index is 0.0808. The number of amides is 2. The number of nitrogens with zero attached hydrogens (tertiary/aromatic N) is 1. The maximum atomic E-state index is 13.2. The molecule has 0 unspecified atom stereocenters. The van der Waals surface area contributed by atoms with Crippen LogP contribution in [-0.2, 0) is 14.3 Å². The van der Waals surface area contributed by atoms with Crippen molar-refractivity contribution in [2.45, 2.75) is 51.6 Å². The van der Waals surface area contributed by atoms with Crippen LogP contribution in [0.4, 0.5) is 4.79 Å². The van der Waals surface area contributed by atoms with E-state index in [1.54, 1.807) is 0 Å². The fraction of sp³-hybridized carbons (Fsp3) is 0.423.